The molecule has 158 valence electrons. The number of hydrogen-bond acceptors (Lipinski definition) is 7. The number of nitrogens with one attached hydrogen (secondary N) is 2. The van der Waals surface area contributed by atoms with Crippen molar-refractivity contribution in [3.63, 3.8) is 0 Å². The summed E-state index contributed by atoms with van der Waals surface area (Å²) in [5.74, 6) is -0.984. The Morgan fingerprint density at radius 2 is 1.86 bits per heavy atom. The highest BCUT2D eigenvalue weighted by atomic mass is 16.5. The molecule has 0 spiro atoms. The van der Waals surface area contributed by atoms with Gasteiger partial charge in [0.1, 0.15) is 6.54 Å². The summed E-state index contributed by atoms with van der Waals surface area (Å²) in [5.41, 5.74) is 0.280. The minimum atomic E-state index is -1.14. The fourth-order valence-corrected chi connectivity index (χ4v) is 2.64. The van der Waals surface area contributed by atoms with Gasteiger partial charge in [0.2, 0.25) is 0 Å². The smallest absolute Gasteiger partial charge is 0.326 e. The van der Waals surface area contributed by atoms with Gasteiger partial charge in [0.05, 0.1) is 13.2 Å². The van der Waals surface area contributed by atoms with E-state index in [-0.39, 0.29) is 12.1 Å². The maximum Gasteiger partial charge on any atom is 0.326 e. The van der Waals surface area contributed by atoms with Gasteiger partial charge >= 0.3 is 12.0 Å². The molecule has 1 saturated heterocycles. The second kappa shape index (κ2) is 10.3. The Kier molecular flexibility index (Phi) is 7.81. The van der Waals surface area contributed by atoms with Crippen LogP contribution in [0.2, 0.25) is 0 Å². The van der Waals surface area contributed by atoms with Crippen LogP contribution in [-0.4, -0.2) is 67.7 Å². The van der Waals surface area contributed by atoms with Crippen LogP contribution < -0.4 is 20.1 Å². The topological polar surface area (TPSA) is 123 Å². The molecular formula is C19H25N3O7. The predicted octanol–water partition coefficient (Wildman–Crippen LogP) is 0.697. The zero-order chi connectivity index (χ0) is 21.4. The normalized spacial score (nSPS) is 14.0. The summed E-state index contributed by atoms with van der Waals surface area (Å²) in [6.45, 7) is 6.01. The van der Waals surface area contributed by atoms with Crippen LogP contribution in [0.4, 0.5) is 4.79 Å². The van der Waals surface area contributed by atoms with Gasteiger partial charge < -0.3 is 24.8 Å². The molecule has 1 fully saturated rings. The van der Waals surface area contributed by atoms with Gasteiger partial charge in [-0.2, -0.15) is 0 Å². The first-order valence-electron chi connectivity index (χ1n) is 9.33. The molecule has 1 unspecified atom stereocenters. The molecule has 29 heavy (non-hydrogen) atoms. The number of carbonyl (C=O) groups is 4. The molecular weight excluding hydrogens is 382 g/mol. The first-order chi connectivity index (χ1) is 13.9. The van der Waals surface area contributed by atoms with E-state index in [0.717, 1.165) is 4.90 Å². The number of urea groups is 1. The van der Waals surface area contributed by atoms with E-state index in [1.165, 1.54) is 13.0 Å². The Morgan fingerprint density at radius 1 is 1.17 bits per heavy atom. The number of ether oxygens (including phenoxy) is 3. The lowest BCUT2D eigenvalue weighted by molar-refractivity contribution is -0.156. The van der Waals surface area contributed by atoms with E-state index in [4.69, 9.17) is 14.2 Å². The molecule has 1 aromatic rings. The molecule has 10 heteroatoms. The van der Waals surface area contributed by atoms with Crippen molar-refractivity contribution in [1.29, 1.82) is 0 Å². The van der Waals surface area contributed by atoms with Crippen LogP contribution in [0.25, 0.3) is 0 Å². The lowest BCUT2D eigenvalue weighted by atomic mass is 10.2. The molecule has 0 bridgehead atoms. The predicted molar refractivity (Wildman–Crippen MR) is 102 cm³/mol. The van der Waals surface area contributed by atoms with Crippen molar-refractivity contribution in [3.05, 3.63) is 23.8 Å². The Balaban J connectivity index is 1.89. The van der Waals surface area contributed by atoms with Gasteiger partial charge in [-0.1, -0.05) is 0 Å². The van der Waals surface area contributed by atoms with Gasteiger partial charge in [-0.3, -0.25) is 19.3 Å². The van der Waals surface area contributed by atoms with Crippen LogP contribution in [0.3, 0.4) is 0 Å². The number of esters is 1. The van der Waals surface area contributed by atoms with Crippen molar-refractivity contribution in [1.82, 2.24) is 15.5 Å². The third-order valence-electron chi connectivity index (χ3n) is 3.98. The Labute approximate surface area is 168 Å². The monoisotopic (exact) mass is 407 g/mol. The lowest BCUT2D eigenvalue weighted by Crippen LogP contribution is -2.43. The maximum atomic E-state index is 12.3. The van der Waals surface area contributed by atoms with Crippen molar-refractivity contribution in [2.75, 3.05) is 32.8 Å². The van der Waals surface area contributed by atoms with Gasteiger partial charge in [-0.25, -0.2) is 4.79 Å². The fraction of sp³-hybridized carbons (Fsp3) is 0.474. The van der Waals surface area contributed by atoms with E-state index in [1.807, 2.05) is 13.8 Å². The number of amides is 4. The number of rotatable bonds is 9. The van der Waals surface area contributed by atoms with Crippen molar-refractivity contribution < 1.29 is 33.4 Å². The molecule has 0 aliphatic carbocycles. The van der Waals surface area contributed by atoms with Crippen LogP contribution in [-0.2, 0) is 14.3 Å². The second-order valence-corrected chi connectivity index (χ2v) is 6.06. The molecule has 2 N–H and O–H groups in total. The van der Waals surface area contributed by atoms with Gasteiger partial charge in [-0.05, 0) is 39.0 Å². The summed E-state index contributed by atoms with van der Waals surface area (Å²) in [6, 6.07) is 4.16. The average Bonchev–Trinajstić information content (AvgIpc) is 3.13. The molecule has 0 saturated carbocycles. The van der Waals surface area contributed by atoms with E-state index in [9.17, 15) is 19.2 Å². The minimum Gasteiger partial charge on any atom is -0.490 e. The second-order valence-electron chi connectivity index (χ2n) is 6.06. The Morgan fingerprint density at radius 3 is 2.48 bits per heavy atom. The zero-order valence-corrected chi connectivity index (χ0v) is 16.6. The van der Waals surface area contributed by atoms with Crippen LogP contribution in [0.5, 0.6) is 11.5 Å². The quantitative estimate of drug-likeness (QED) is 0.578. The SMILES string of the molecule is CCOc1ccc(C(=O)NCC(=O)OC(C)C(=O)N2CCNC2=O)cc1OCC. The molecule has 0 radical (unpaired) electrons. The summed E-state index contributed by atoms with van der Waals surface area (Å²) < 4.78 is 15.9. The molecule has 10 nitrogen and oxygen atoms in total. The highest BCUT2D eigenvalue weighted by Gasteiger charge is 2.31. The highest BCUT2D eigenvalue weighted by molar-refractivity contribution is 5.99. The summed E-state index contributed by atoms with van der Waals surface area (Å²) in [5, 5.41) is 4.92. The highest BCUT2D eigenvalue weighted by Crippen LogP contribution is 2.28. The summed E-state index contributed by atoms with van der Waals surface area (Å²) in [4.78, 5) is 48.8. The third kappa shape index (κ3) is 5.84. The summed E-state index contributed by atoms with van der Waals surface area (Å²) in [6.07, 6.45) is -1.14. The lowest BCUT2D eigenvalue weighted by Gasteiger charge is -2.18. The van der Waals surface area contributed by atoms with Crippen LogP contribution in [0.15, 0.2) is 18.2 Å². The average molecular weight is 407 g/mol. The van der Waals surface area contributed by atoms with E-state index in [0.29, 0.717) is 31.3 Å². The number of nitrogens with zero attached hydrogens (tertiary/aromatic N) is 1. The molecule has 1 aliphatic heterocycles. The number of benzene rings is 1. The van der Waals surface area contributed by atoms with Crippen LogP contribution in [0.1, 0.15) is 31.1 Å². The largest absolute Gasteiger partial charge is 0.490 e. The van der Waals surface area contributed by atoms with Crippen molar-refractivity contribution >= 4 is 23.8 Å². The number of imide groups is 1. The fourth-order valence-electron chi connectivity index (χ4n) is 2.64. The van der Waals surface area contributed by atoms with E-state index < -0.39 is 36.5 Å². The zero-order valence-electron chi connectivity index (χ0n) is 16.6. The van der Waals surface area contributed by atoms with E-state index in [2.05, 4.69) is 10.6 Å². The molecule has 1 aliphatic rings. The Bertz CT molecular complexity index is 781. The van der Waals surface area contributed by atoms with E-state index in [1.54, 1.807) is 12.1 Å². The maximum absolute atomic E-state index is 12.3. The number of hydrogen-bond donors (Lipinski definition) is 2. The van der Waals surface area contributed by atoms with Crippen molar-refractivity contribution in [2.24, 2.45) is 0 Å². The first-order valence-corrected chi connectivity index (χ1v) is 9.33. The minimum absolute atomic E-state index is 0.218. The van der Waals surface area contributed by atoms with E-state index >= 15 is 0 Å². The van der Waals surface area contributed by atoms with Gasteiger partial charge in [0.25, 0.3) is 11.8 Å². The molecule has 2 rings (SSSR count). The van der Waals surface area contributed by atoms with Gasteiger partial charge in [-0.15, -0.1) is 0 Å². The summed E-state index contributed by atoms with van der Waals surface area (Å²) in [7, 11) is 0. The molecule has 0 aromatic heterocycles. The van der Waals surface area contributed by atoms with Gasteiger partial charge in [0.15, 0.2) is 17.6 Å². The number of carbonyl (C=O) groups excluding carboxylic acids is 4. The molecule has 1 heterocycles. The standard InChI is InChI=1S/C19H25N3O7/c1-4-27-14-7-6-13(10-15(14)28-5-2)17(24)21-11-16(23)29-12(3)18(25)22-9-8-20-19(22)26/h6-7,10,12H,4-5,8-9,11H2,1-3H3,(H,20,26)(H,21,24). The third-order valence-corrected chi connectivity index (χ3v) is 3.98. The molecule has 1 atom stereocenters. The van der Waals surface area contributed by atoms with Gasteiger partial charge in [0, 0.05) is 18.7 Å². The van der Waals surface area contributed by atoms with Crippen LogP contribution >= 0.6 is 0 Å². The van der Waals surface area contributed by atoms with Crippen LogP contribution in [0, 0.1) is 0 Å². The molecule has 4 amide bonds. The first kappa shape index (κ1) is 22.0. The molecule has 1 aromatic carbocycles. The Hall–Kier alpha value is -3.30. The van der Waals surface area contributed by atoms with Crippen molar-refractivity contribution in [2.45, 2.75) is 26.9 Å². The summed E-state index contributed by atoms with van der Waals surface area (Å²) >= 11 is 0. The van der Waals surface area contributed by atoms with Crippen molar-refractivity contribution in [3.8, 4) is 11.5 Å².